The van der Waals surface area contributed by atoms with E-state index in [0.29, 0.717) is 13.1 Å². The third-order valence-electron chi connectivity index (χ3n) is 6.10. The SMILES string of the molecule is CCCn1c(C)cc(/C=C(\C#N)C(=O)NCCC(=O)N2CCN(c3ccccc3)CC2)c1C. The molecule has 2 heterocycles. The molecule has 0 atom stereocenters. The smallest absolute Gasteiger partial charge is 0.261 e. The predicted molar refractivity (Wildman–Crippen MR) is 131 cm³/mol. The lowest BCUT2D eigenvalue weighted by Gasteiger charge is -2.36. The fourth-order valence-electron chi connectivity index (χ4n) is 4.23. The molecule has 0 spiro atoms. The van der Waals surface area contributed by atoms with E-state index in [1.165, 1.54) is 5.69 Å². The van der Waals surface area contributed by atoms with E-state index in [1.807, 2.05) is 49.1 Å². The van der Waals surface area contributed by atoms with E-state index in [-0.39, 0.29) is 24.4 Å². The molecule has 1 aliphatic rings. The molecule has 1 fully saturated rings. The van der Waals surface area contributed by atoms with Crippen molar-refractivity contribution in [1.82, 2.24) is 14.8 Å². The number of aryl methyl sites for hydroxylation is 1. The van der Waals surface area contributed by atoms with Gasteiger partial charge in [0, 0.05) is 62.8 Å². The molecule has 0 radical (unpaired) electrons. The highest BCUT2D eigenvalue weighted by atomic mass is 16.2. The highest BCUT2D eigenvalue weighted by molar-refractivity contribution is 6.02. The number of aromatic nitrogens is 1. The third-order valence-corrected chi connectivity index (χ3v) is 6.10. The Morgan fingerprint density at radius 3 is 2.45 bits per heavy atom. The predicted octanol–water partition coefficient (Wildman–Crippen LogP) is 3.28. The fraction of sp³-hybridized carbons (Fsp3) is 0.423. The lowest BCUT2D eigenvalue weighted by molar-refractivity contribution is -0.131. The van der Waals surface area contributed by atoms with Gasteiger partial charge >= 0.3 is 0 Å². The number of amides is 2. The monoisotopic (exact) mass is 447 g/mol. The number of nitrogens with zero attached hydrogens (tertiary/aromatic N) is 4. The van der Waals surface area contributed by atoms with Gasteiger partial charge in [-0.15, -0.1) is 0 Å². The zero-order chi connectivity index (χ0) is 23.8. The van der Waals surface area contributed by atoms with Crippen LogP contribution in [-0.2, 0) is 16.1 Å². The molecule has 33 heavy (non-hydrogen) atoms. The van der Waals surface area contributed by atoms with Crippen molar-refractivity contribution in [3.05, 3.63) is 58.9 Å². The Labute approximate surface area is 196 Å². The van der Waals surface area contributed by atoms with Crippen LogP contribution in [0.25, 0.3) is 6.08 Å². The van der Waals surface area contributed by atoms with Gasteiger partial charge in [-0.3, -0.25) is 9.59 Å². The number of nitrogens with one attached hydrogen (secondary N) is 1. The van der Waals surface area contributed by atoms with Gasteiger partial charge in [-0.1, -0.05) is 25.1 Å². The van der Waals surface area contributed by atoms with Gasteiger partial charge in [-0.25, -0.2) is 0 Å². The van der Waals surface area contributed by atoms with Gasteiger partial charge in [0.2, 0.25) is 5.91 Å². The molecule has 0 bridgehead atoms. The summed E-state index contributed by atoms with van der Waals surface area (Å²) in [6, 6.07) is 14.2. The summed E-state index contributed by atoms with van der Waals surface area (Å²) in [6.45, 7) is 10.2. The van der Waals surface area contributed by atoms with Crippen molar-refractivity contribution in [3.8, 4) is 6.07 Å². The van der Waals surface area contributed by atoms with E-state index in [9.17, 15) is 14.9 Å². The van der Waals surface area contributed by atoms with E-state index < -0.39 is 5.91 Å². The topological polar surface area (TPSA) is 81.4 Å². The number of benzene rings is 1. The highest BCUT2D eigenvalue weighted by Gasteiger charge is 2.21. The van der Waals surface area contributed by atoms with E-state index in [0.717, 1.165) is 43.0 Å². The van der Waals surface area contributed by atoms with Crippen LogP contribution in [-0.4, -0.2) is 54.0 Å². The van der Waals surface area contributed by atoms with E-state index in [1.54, 1.807) is 6.08 Å². The second-order valence-electron chi connectivity index (χ2n) is 8.36. The molecule has 2 aromatic rings. The molecule has 1 aliphatic heterocycles. The van der Waals surface area contributed by atoms with Crippen LogP contribution in [0.3, 0.4) is 0 Å². The van der Waals surface area contributed by atoms with Crippen molar-refractivity contribution in [2.45, 2.75) is 40.2 Å². The van der Waals surface area contributed by atoms with Crippen LogP contribution >= 0.6 is 0 Å². The van der Waals surface area contributed by atoms with E-state index in [4.69, 9.17) is 0 Å². The number of hydrogen-bond donors (Lipinski definition) is 1. The summed E-state index contributed by atoms with van der Waals surface area (Å²) in [5.74, 6) is -0.423. The second-order valence-corrected chi connectivity index (χ2v) is 8.36. The first kappa shape index (κ1) is 24.1. The molecule has 1 saturated heterocycles. The molecule has 0 unspecified atom stereocenters. The summed E-state index contributed by atoms with van der Waals surface area (Å²) in [4.78, 5) is 29.2. The molecule has 1 N–H and O–H groups in total. The normalized spacial score (nSPS) is 14.2. The number of nitriles is 1. The summed E-state index contributed by atoms with van der Waals surface area (Å²) in [6.07, 6.45) is 2.87. The molecular formula is C26H33N5O2. The number of carbonyl (C=O) groups excluding carboxylic acids is 2. The Balaban J connectivity index is 1.49. The Hall–Kier alpha value is -3.53. The minimum absolute atomic E-state index is 0.0219. The first-order chi connectivity index (χ1) is 15.9. The fourth-order valence-corrected chi connectivity index (χ4v) is 4.23. The Bertz CT molecular complexity index is 1040. The molecule has 1 aromatic carbocycles. The number of hydrogen-bond acceptors (Lipinski definition) is 4. The Kier molecular flexibility index (Phi) is 8.31. The molecule has 0 saturated carbocycles. The number of anilines is 1. The molecule has 0 aliphatic carbocycles. The molecule has 2 amide bonds. The van der Waals surface area contributed by atoms with Crippen LogP contribution in [0.15, 0.2) is 42.0 Å². The van der Waals surface area contributed by atoms with Crippen LogP contribution in [0.1, 0.15) is 36.7 Å². The van der Waals surface area contributed by atoms with Crippen LogP contribution in [0.4, 0.5) is 5.69 Å². The number of rotatable bonds is 8. The first-order valence-corrected chi connectivity index (χ1v) is 11.6. The Morgan fingerprint density at radius 1 is 1.12 bits per heavy atom. The molecule has 1 aromatic heterocycles. The zero-order valence-corrected chi connectivity index (χ0v) is 19.8. The van der Waals surface area contributed by atoms with E-state index >= 15 is 0 Å². The highest BCUT2D eigenvalue weighted by Crippen LogP contribution is 2.19. The first-order valence-electron chi connectivity index (χ1n) is 11.6. The number of para-hydroxylation sites is 1. The van der Waals surface area contributed by atoms with Gasteiger partial charge in [0.05, 0.1) is 0 Å². The third kappa shape index (κ3) is 6.04. The summed E-state index contributed by atoms with van der Waals surface area (Å²) < 4.78 is 2.19. The zero-order valence-electron chi connectivity index (χ0n) is 19.8. The quantitative estimate of drug-likeness (QED) is 0.497. The second kappa shape index (κ2) is 11.4. The summed E-state index contributed by atoms with van der Waals surface area (Å²) >= 11 is 0. The molecule has 7 heteroatoms. The average molecular weight is 448 g/mol. The maximum atomic E-state index is 12.6. The van der Waals surface area contributed by atoms with E-state index in [2.05, 4.69) is 33.8 Å². The molecular weight excluding hydrogens is 414 g/mol. The summed E-state index contributed by atoms with van der Waals surface area (Å²) in [5.41, 5.74) is 4.25. The van der Waals surface area contributed by atoms with Crippen molar-refractivity contribution in [1.29, 1.82) is 5.26 Å². The van der Waals surface area contributed by atoms with Gasteiger partial charge in [0.15, 0.2) is 0 Å². The van der Waals surface area contributed by atoms with Gasteiger partial charge in [-0.05, 0) is 50.1 Å². The van der Waals surface area contributed by atoms with Crippen LogP contribution in [0.5, 0.6) is 0 Å². The standard InChI is InChI=1S/C26H33N5O2/c1-4-12-31-20(2)17-22(21(31)3)18-23(19-27)26(33)28-11-10-25(32)30-15-13-29(14-16-30)24-8-6-5-7-9-24/h5-9,17-18H,4,10-16H2,1-3H3,(H,28,33)/b23-18+. The van der Waals surface area contributed by atoms with Crippen molar-refractivity contribution >= 4 is 23.6 Å². The minimum Gasteiger partial charge on any atom is -0.368 e. The maximum Gasteiger partial charge on any atom is 0.261 e. The lowest BCUT2D eigenvalue weighted by atomic mass is 10.1. The van der Waals surface area contributed by atoms with Gasteiger partial charge in [0.1, 0.15) is 11.6 Å². The maximum absolute atomic E-state index is 12.6. The van der Waals surface area contributed by atoms with Crippen molar-refractivity contribution < 1.29 is 9.59 Å². The lowest BCUT2D eigenvalue weighted by Crippen LogP contribution is -2.49. The van der Waals surface area contributed by atoms with Crippen LogP contribution in [0, 0.1) is 25.2 Å². The summed E-state index contributed by atoms with van der Waals surface area (Å²) in [7, 11) is 0. The van der Waals surface area contributed by atoms with Crippen molar-refractivity contribution in [3.63, 3.8) is 0 Å². The van der Waals surface area contributed by atoms with Crippen LogP contribution < -0.4 is 10.2 Å². The summed E-state index contributed by atoms with van der Waals surface area (Å²) in [5, 5.41) is 12.2. The minimum atomic E-state index is -0.445. The molecule has 3 rings (SSSR count). The largest absolute Gasteiger partial charge is 0.368 e. The Morgan fingerprint density at radius 2 is 1.82 bits per heavy atom. The number of carbonyl (C=O) groups is 2. The average Bonchev–Trinajstić information content (AvgIpc) is 3.10. The van der Waals surface area contributed by atoms with Crippen molar-refractivity contribution in [2.24, 2.45) is 0 Å². The van der Waals surface area contributed by atoms with Crippen molar-refractivity contribution in [2.75, 3.05) is 37.6 Å². The van der Waals surface area contributed by atoms with Crippen LogP contribution in [0.2, 0.25) is 0 Å². The number of piperazine rings is 1. The van der Waals surface area contributed by atoms with Gasteiger partial charge in [0.25, 0.3) is 5.91 Å². The molecule has 174 valence electrons. The van der Waals surface area contributed by atoms with Gasteiger partial charge in [-0.2, -0.15) is 5.26 Å². The molecule has 7 nitrogen and oxygen atoms in total. The van der Waals surface area contributed by atoms with Gasteiger partial charge < -0.3 is 19.7 Å².